The molecule has 0 spiro atoms. The highest BCUT2D eigenvalue weighted by Crippen LogP contribution is 2.41. The van der Waals surface area contributed by atoms with Gasteiger partial charge in [-0.1, -0.05) is 30.3 Å². The number of rotatable bonds is 5. The summed E-state index contributed by atoms with van der Waals surface area (Å²) in [6.45, 7) is 3.94. The minimum atomic E-state index is -0.231. The number of amides is 1. The summed E-state index contributed by atoms with van der Waals surface area (Å²) in [4.78, 5) is 34.2. The SMILES string of the molecule is Cc1sc2nc(CCC(=O)NC3(c4ccccc4)CCC3)[nH]c(=O)c2c1C. The molecule has 5 nitrogen and oxygen atoms in total. The molecule has 0 bridgehead atoms. The average molecular weight is 382 g/mol. The Balaban J connectivity index is 1.47. The number of aromatic amines is 1. The van der Waals surface area contributed by atoms with E-state index in [0.29, 0.717) is 24.1 Å². The van der Waals surface area contributed by atoms with Crippen molar-refractivity contribution in [2.45, 2.75) is 51.5 Å². The third-order valence-corrected chi connectivity index (χ3v) is 6.69. The first-order valence-electron chi connectivity index (χ1n) is 9.34. The van der Waals surface area contributed by atoms with Crippen LogP contribution in [0.5, 0.6) is 0 Å². The van der Waals surface area contributed by atoms with E-state index in [-0.39, 0.29) is 17.0 Å². The zero-order valence-electron chi connectivity index (χ0n) is 15.6. The highest BCUT2D eigenvalue weighted by Gasteiger charge is 2.39. The molecule has 2 N–H and O–H groups in total. The summed E-state index contributed by atoms with van der Waals surface area (Å²) in [7, 11) is 0. The Morgan fingerprint density at radius 2 is 2.00 bits per heavy atom. The summed E-state index contributed by atoms with van der Waals surface area (Å²) < 4.78 is 0. The van der Waals surface area contributed by atoms with Gasteiger partial charge < -0.3 is 10.3 Å². The largest absolute Gasteiger partial charge is 0.347 e. The average Bonchev–Trinajstić information content (AvgIpc) is 2.91. The molecule has 1 aromatic carbocycles. The molecule has 1 fully saturated rings. The number of hydrogen-bond donors (Lipinski definition) is 2. The van der Waals surface area contributed by atoms with Crippen molar-refractivity contribution in [3.63, 3.8) is 0 Å². The van der Waals surface area contributed by atoms with Gasteiger partial charge in [-0.15, -0.1) is 11.3 Å². The fourth-order valence-corrected chi connectivity index (χ4v) is 4.80. The molecule has 0 radical (unpaired) electrons. The van der Waals surface area contributed by atoms with Gasteiger partial charge in [0.25, 0.3) is 5.56 Å². The van der Waals surface area contributed by atoms with Crippen LogP contribution >= 0.6 is 11.3 Å². The number of nitrogens with zero attached hydrogens (tertiary/aromatic N) is 1. The quantitative estimate of drug-likeness (QED) is 0.707. The number of nitrogens with one attached hydrogen (secondary N) is 2. The highest BCUT2D eigenvalue weighted by atomic mass is 32.1. The van der Waals surface area contributed by atoms with Gasteiger partial charge >= 0.3 is 0 Å². The van der Waals surface area contributed by atoms with Crippen LogP contribution < -0.4 is 10.9 Å². The first-order valence-corrected chi connectivity index (χ1v) is 10.2. The lowest BCUT2D eigenvalue weighted by Gasteiger charge is -2.43. The fourth-order valence-electron chi connectivity index (χ4n) is 3.75. The van der Waals surface area contributed by atoms with Crippen molar-refractivity contribution in [1.29, 1.82) is 0 Å². The summed E-state index contributed by atoms with van der Waals surface area (Å²) in [5.74, 6) is 0.575. The van der Waals surface area contributed by atoms with Gasteiger partial charge in [-0.3, -0.25) is 9.59 Å². The maximum Gasteiger partial charge on any atom is 0.259 e. The van der Waals surface area contributed by atoms with Crippen molar-refractivity contribution in [2.24, 2.45) is 0 Å². The van der Waals surface area contributed by atoms with Crippen LogP contribution in [0.1, 0.15) is 47.5 Å². The molecule has 1 amide bonds. The lowest BCUT2D eigenvalue weighted by molar-refractivity contribution is -0.124. The van der Waals surface area contributed by atoms with Gasteiger partial charge in [0, 0.05) is 17.7 Å². The Hall–Kier alpha value is -2.47. The normalized spacial score (nSPS) is 15.5. The molecule has 0 atom stereocenters. The molecule has 4 rings (SSSR count). The summed E-state index contributed by atoms with van der Waals surface area (Å²) >= 11 is 1.53. The predicted octanol–water partition coefficient (Wildman–Crippen LogP) is 3.73. The van der Waals surface area contributed by atoms with E-state index in [9.17, 15) is 9.59 Å². The zero-order valence-corrected chi connectivity index (χ0v) is 16.4. The van der Waals surface area contributed by atoms with Crippen molar-refractivity contribution in [3.8, 4) is 0 Å². The number of carbonyl (C=O) groups excluding carboxylic acids is 1. The maximum atomic E-state index is 12.6. The maximum absolute atomic E-state index is 12.6. The van der Waals surface area contributed by atoms with E-state index in [4.69, 9.17) is 0 Å². The molecule has 0 unspecified atom stereocenters. The molecule has 1 aliphatic carbocycles. The number of fused-ring (bicyclic) bond motifs is 1. The lowest BCUT2D eigenvalue weighted by Crippen LogP contribution is -2.50. The minimum absolute atomic E-state index is 0.000148. The summed E-state index contributed by atoms with van der Waals surface area (Å²) in [5, 5.41) is 3.89. The molecular weight excluding hydrogens is 358 g/mol. The van der Waals surface area contributed by atoms with E-state index in [2.05, 4.69) is 27.4 Å². The number of carbonyl (C=O) groups is 1. The van der Waals surface area contributed by atoms with E-state index >= 15 is 0 Å². The standard InChI is InChI=1S/C21H23N3O2S/c1-13-14(2)27-20-18(13)19(26)22-16(23-20)9-10-17(25)24-21(11-6-12-21)15-7-4-3-5-8-15/h3-5,7-8H,6,9-12H2,1-2H3,(H,24,25)(H,22,23,26). The van der Waals surface area contributed by atoms with Gasteiger partial charge in [0.2, 0.25) is 5.91 Å². The zero-order chi connectivity index (χ0) is 19.0. The molecule has 2 heterocycles. The fraction of sp³-hybridized carbons (Fsp3) is 0.381. The third-order valence-electron chi connectivity index (χ3n) is 5.59. The molecule has 6 heteroatoms. The molecule has 140 valence electrons. The number of aromatic nitrogens is 2. The van der Waals surface area contributed by atoms with Gasteiger partial charge in [-0.25, -0.2) is 4.98 Å². The van der Waals surface area contributed by atoms with Crippen LogP contribution in [0.4, 0.5) is 0 Å². The van der Waals surface area contributed by atoms with Crippen LogP contribution in [0.25, 0.3) is 10.2 Å². The van der Waals surface area contributed by atoms with Gasteiger partial charge in [0.1, 0.15) is 10.7 Å². The molecule has 1 saturated carbocycles. The summed E-state index contributed by atoms with van der Waals surface area (Å²) in [6, 6.07) is 10.2. The van der Waals surface area contributed by atoms with E-state index in [1.807, 2.05) is 32.0 Å². The number of benzene rings is 1. The molecule has 0 aliphatic heterocycles. The first kappa shape index (κ1) is 17.9. The van der Waals surface area contributed by atoms with Gasteiger partial charge in [-0.2, -0.15) is 0 Å². The molecular formula is C21H23N3O2S. The molecule has 3 aromatic rings. The minimum Gasteiger partial charge on any atom is -0.347 e. The lowest BCUT2D eigenvalue weighted by atomic mass is 9.71. The van der Waals surface area contributed by atoms with Gasteiger partial charge in [-0.05, 0) is 44.2 Å². The van der Waals surface area contributed by atoms with E-state index in [0.717, 1.165) is 34.5 Å². The Kier molecular flexibility index (Phi) is 4.60. The summed E-state index contributed by atoms with van der Waals surface area (Å²) in [6.07, 6.45) is 3.80. The van der Waals surface area contributed by atoms with Crippen LogP contribution in [-0.2, 0) is 16.8 Å². The third kappa shape index (κ3) is 3.30. The highest BCUT2D eigenvalue weighted by molar-refractivity contribution is 7.18. The Morgan fingerprint density at radius 1 is 1.26 bits per heavy atom. The molecule has 27 heavy (non-hydrogen) atoms. The summed E-state index contributed by atoms with van der Waals surface area (Å²) in [5.41, 5.74) is 1.81. The Morgan fingerprint density at radius 3 is 2.67 bits per heavy atom. The van der Waals surface area contributed by atoms with Gasteiger partial charge in [0.15, 0.2) is 0 Å². The van der Waals surface area contributed by atoms with E-state index in [1.165, 1.54) is 16.9 Å². The van der Waals surface area contributed by atoms with E-state index in [1.54, 1.807) is 0 Å². The second-order valence-corrected chi connectivity index (χ2v) is 8.53. The topological polar surface area (TPSA) is 74.8 Å². The van der Waals surface area contributed by atoms with Crippen LogP contribution in [0.2, 0.25) is 0 Å². The Labute approximate surface area is 161 Å². The number of aryl methyl sites for hydroxylation is 3. The second-order valence-electron chi connectivity index (χ2n) is 7.33. The number of H-pyrrole nitrogens is 1. The van der Waals surface area contributed by atoms with E-state index < -0.39 is 0 Å². The second kappa shape index (κ2) is 6.93. The van der Waals surface area contributed by atoms with Crippen molar-refractivity contribution in [1.82, 2.24) is 15.3 Å². The molecule has 2 aromatic heterocycles. The van der Waals surface area contributed by atoms with Gasteiger partial charge in [0.05, 0.1) is 10.9 Å². The molecule has 1 aliphatic rings. The van der Waals surface area contributed by atoms with Crippen molar-refractivity contribution >= 4 is 27.5 Å². The number of hydrogen-bond acceptors (Lipinski definition) is 4. The van der Waals surface area contributed by atoms with Crippen molar-refractivity contribution in [3.05, 3.63) is 62.5 Å². The van der Waals surface area contributed by atoms with Crippen LogP contribution in [0, 0.1) is 13.8 Å². The monoisotopic (exact) mass is 381 g/mol. The van der Waals surface area contributed by atoms with Crippen LogP contribution in [0.15, 0.2) is 35.1 Å². The smallest absolute Gasteiger partial charge is 0.259 e. The molecule has 0 saturated heterocycles. The van der Waals surface area contributed by atoms with Crippen molar-refractivity contribution in [2.75, 3.05) is 0 Å². The first-order chi connectivity index (χ1) is 13.0. The number of thiophene rings is 1. The van der Waals surface area contributed by atoms with Crippen molar-refractivity contribution < 1.29 is 4.79 Å². The van der Waals surface area contributed by atoms with Crippen LogP contribution in [0.3, 0.4) is 0 Å². The van der Waals surface area contributed by atoms with Crippen LogP contribution in [-0.4, -0.2) is 15.9 Å². The Bertz CT molecular complexity index is 1050. The predicted molar refractivity (Wildman–Crippen MR) is 108 cm³/mol.